The minimum Gasteiger partial charge on any atom is -0.451 e. The number of hydrogen-bond acceptors (Lipinski definition) is 5. The molecule has 0 bridgehead atoms. The van der Waals surface area contributed by atoms with Crippen LogP contribution in [0.1, 0.15) is 17.4 Å². The second-order valence-corrected chi connectivity index (χ2v) is 5.50. The molecule has 0 spiro atoms. The van der Waals surface area contributed by atoms with E-state index in [2.05, 4.69) is 20.8 Å². The number of fused-ring (bicyclic) bond motifs is 1. The highest BCUT2D eigenvalue weighted by Gasteiger charge is 2.16. The number of anilines is 2. The van der Waals surface area contributed by atoms with Crippen LogP contribution < -0.4 is 10.6 Å². The van der Waals surface area contributed by atoms with Crippen molar-refractivity contribution in [3.8, 4) is 0 Å². The molecular formula is C18H16N4O4. The number of nitrogens with zero attached hydrogens (tertiary/aromatic N) is 1. The molecule has 1 aromatic heterocycles. The molecule has 0 atom stereocenters. The maximum Gasteiger partial charge on any atom is 0.359 e. The molecule has 8 heteroatoms. The summed E-state index contributed by atoms with van der Waals surface area (Å²) in [7, 11) is 0. The Morgan fingerprint density at radius 2 is 1.77 bits per heavy atom. The van der Waals surface area contributed by atoms with Crippen LogP contribution in [0.3, 0.4) is 0 Å². The summed E-state index contributed by atoms with van der Waals surface area (Å²) in [6, 6.07) is 13.8. The van der Waals surface area contributed by atoms with E-state index in [0.717, 1.165) is 0 Å². The molecule has 26 heavy (non-hydrogen) atoms. The Balaban J connectivity index is 1.59. The molecule has 132 valence electrons. The zero-order valence-corrected chi connectivity index (χ0v) is 13.9. The lowest BCUT2D eigenvalue weighted by Gasteiger charge is -2.08. The van der Waals surface area contributed by atoms with Crippen molar-refractivity contribution in [3.05, 3.63) is 54.2 Å². The number of nitrogens with one attached hydrogen (secondary N) is 3. The summed E-state index contributed by atoms with van der Waals surface area (Å²) in [5.41, 5.74) is 1.86. The first-order valence-corrected chi connectivity index (χ1v) is 7.80. The van der Waals surface area contributed by atoms with Gasteiger partial charge >= 0.3 is 5.97 Å². The van der Waals surface area contributed by atoms with E-state index >= 15 is 0 Å². The highest BCUT2D eigenvalue weighted by molar-refractivity contribution is 6.03. The number of hydrogen-bond donors (Lipinski definition) is 3. The van der Waals surface area contributed by atoms with Crippen LogP contribution in [0.15, 0.2) is 48.5 Å². The highest BCUT2D eigenvalue weighted by atomic mass is 16.5. The lowest BCUT2D eigenvalue weighted by molar-refractivity contribution is -0.119. The molecule has 0 aliphatic rings. The number of carbonyl (C=O) groups is 3. The molecule has 0 saturated heterocycles. The van der Waals surface area contributed by atoms with E-state index < -0.39 is 18.5 Å². The highest BCUT2D eigenvalue weighted by Crippen LogP contribution is 2.17. The number of carbonyl (C=O) groups excluding carboxylic acids is 3. The van der Waals surface area contributed by atoms with Crippen molar-refractivity contribution in [2.24, 2.45) is 0 Å². The summed E-state index contributed by atoms with van der Waals surface area (Å²) in [5.74, 6) is -1.41. The van der Waals surface area contributed by atoms with Crippen molar-refractivity contribution in [2.75, 3.05) is 17.2 Å². The monoisotopic (exact) mass is 352 g/mol. The van der Waals surface area contributed by atoms with Crippen molar-refractivity contribution in [1.29, 1.82) is 0 Å². The van der Waals surface area contributed by atoms with E-state index in [9.17, 15) is 14.4 Å². The summed E-state index contributed by atoms with van der Waals surface area (Å²) in [4.78, 5) is 35.2. The largest absolute Gasteiger partial charge is 0.451 e. The quantitative estimate of drug-likeness (QED) is 0.610. The molecule has 0 fully saturated rings. The zero-order valence-electron chi connectivity index (χ0n) is 13.9. The van der Waals surface area contributed by atoms with Gasteiger partial charge in [-0.15, -0.1) is 0 Å². The van der Waals surface area contributed by atoms with Crippen molar-refractivity contribution in [1.82, 2.24) is 10.2 Å². The molecule has 8 nitrogen and oxygen atoms in total. The Kier molecular flexibility index (Phi) is 4.93. The van der Waals surface area contributed by atoms with Gasteiger partial charge in [0.15, 0.2) is 12.3 Å². The van der Waals surface area contributed by atoms with Gasteiger partial charge in [0, 0.05) is 23.7 Å². The fourth-order valence-electron chi connectivity index (χ4n) is 2.39. The fraction of sp³-hybridized carbons (Fsp3) is 0.111. The van der Waals surface area contributed by atoms with E-state index in [-0.39, 0.29) is 11.6 Å². The van der Waals surface area contributed by atoms with Crippen LogP contribution in [-0.4, -0.2) is 34.6 Å². The minimum absolute atomic E-state index is 0.126. The maximum atomic E-state index is 12.1. The van der Waals surface area contributed by atoms with Gasteiger partial charge in [-0.25, -0.2) is 4.79 Å². The van der Waals surface area contributed by atoms with Gasteiger partial charge in [-0.05, 0) is 24.3 Å². The molecule has 3 aromatic rings. The number of benzene rings is 2. The topological polar surface area (TPSA) is 113 Å². The Labute approximate surface area is 148 Å². The van der Waals surface area contributed by atoms with E-state index in [1.54, 1.807) is 42.5 Å². The van der Waals surface area contributed by atoms with E-state index in [1.165, 1.54) is 6.92 Å². The van der Waals surface area contributed by atoms with Crippen LogP contribution in [0, 0.1) is 0 Å². The summed E-state index contributed by atoms with van der Waals surface area (Å²) in [6.45, 7) is 0.938. The molecule has 3 rings (SSSR count). The molecule has 0 unspecified atom stereocenters. The van der Waals surface area contributed by atoms with Gasteiger partial charge in [-0.2, -0.15) is 5.10 Å². The molecule has 0 radical (unpaired) electrons. The lowest BCUT2D eigenvalue weighted by Crippen LogP contribution is -2.21. The summed E-state index contributed by atoms with van der Waals surface area (Å²) in [5, 5.41) is 12.5. The van der Waals surface area contributed by atoms with E-state index in [1.807, 2.05) is 6.07 Å². The second kappa shape index (κ2) is 7.47. The Bertz CT molecular complexity index is 980. The Hall–Kier alpha value is -3.68. The predicted molar refractivity (Wildman–Crippen MR) is 95.8 cm³/mol. The van der Waals surface area contributed by atoms with Crippen LogP contribution in [0.5, 0.6) is 0 Å². The standard InChI is InChI=1S/C18H16N4O4/c1-11(23)19-12-5-4-6-13(9-12)20-16(24)10-26-18(25)17-14-7-2-3-8-15(14)21-22-17/h2-9H,10H2,1H3,(H,19,23)(H,20,24)(H,21,22). The van der Waals surface area contributed by atoms with Gasteiger partial charge < -0.3 is 15.4 Å². The van der Waals surface area contributed by atoms with Crippen LogP contribution in [0.4, 0.5) is 11.4 Å². The van der Waals surface area contributed by atoms with Crippen molar-refractivity contribution in [3.63, 3.8) is 0 Å². The summed E-state index contributed by atoms with van der Waals surface area (Å²) < 4.78 is 5.02. The molecule has 0 aliphatic carbocycles. The third-order valence-electron chi connectivity index (χ3n) is 3.46. The maximum absolute atomic E-state index is 12.1. The fourth-order valence-corrected chi connectivity index (χ4v) is 2.39. The smallest absolute Gasteiger partial charge is 0.359 e. The average molecular weight is 352 g/mol. The minimum atomic E-state index is -0.690. The van der Waals surface area contributed by atoms with Crippen molar-refractivity contribution >= 4 is 40.1 Å². The first-order chi connectivity index (χ1) is 12.5. The number of esters is 1. The van der Waals surface area contributed by atoms with Crippen LogP contribution >= 0.6 is 0 Å². The number of para-hydroxylation sites is 1. The molecule has 0 aliphatic heterocycles. The molecule has 2 amide bonds. The Morgan fingerprint density at radius 3 is 2.54 bits per heavy atom. The summed E-state index contributed by atoms with van der Waals surface area (Å²) >= 11 is 0. The lowest BCUT2D eigenvalue weighted by atomic mass is 10.2. The normalized spacial score (nSPS) is 10.3. The van der Waals surface area contributed by atoms with Gasteiger partial charge in [0.1, 0.15) is 0 Å². The summed E-state index contributed by atoms with van der Waals surface area (Å²) in [6.07, 6.45) is 0. The number of H-pyrrole nitrogens is 1. The van der Waals surface area contributed by atoms with Crippen LogP contribution in [0.2, 0.25) is 0 Å². The van der Waals surface area contributed by atoms with Gasteiger partial charge in [-0.1, -0.05) is 24.3 Å². The van der Waals surface area contributed by atoms with Crippen LogP contribution in [-0.2, 0) is 14.3 Å². The van der Waals surface area contributed by atoms with Gasteiger partial charge in [0.2, 0.25) is 5.91 Å². The number of ether oxygens (including phenoxy) is 1. The van der Waals surface area contributed by atoms with Crippen molar-refractivity contribution in [2.45, 2.75) is 6.92 Å². The zero-order chi connectivity index (χ0) is 18.5. The van der Waals surface area contributed by atoms with Gasteiger partial charge in [-0.3, -0.25) is 14.7 Å². The molecule has 3 N–H and O–H groups in total. The van der Waals surface area contributed by atoms with Gasteiger partial charge in [0.25, 0.3) is 5.91 Å². The SMILES string of the molecule is CC(=O)Nc1cccc(NC(=O)COC(=O)c2n[nH]c3ccccc23)c1. The molecular weight excluding hydrogens is 336 g/mol. The predicted octanol–water partition coefficient (Wildman–Crippen LogP) is 2.32. The molecule has 0 saturated carbocycles. The number of aromatic amines is 1. The molecule has 1 heterocycles. The first kappa shape index (κ1) is 17.2. The van der Waals surface area contributed by atoms with E-state index in [4.69, 9.17) is 4.74 Å². The van der Waals surface area contributed by atoms with Gasteiger partial charge in [0.05, 0.1) is 5.52 Å². The second-order valence-electron chi connectivity index (χ2n) is 5.50. The van der Waals surface area contributed by atoms with Crippen LogP contribution in [0.25, 0.3) is 10.9 Å². The van der Waals surface area contributed by atoms with Crippen molar-refractivity contribution < 1.29 is 19.1 Å². The van der Waals surface area contributed by atoms with E-state index in [0.29, 0.717) is 22.3 Å². The third kappa shape index (κ3) is 4.04. The average Bonchev–Trinajstić information content (AvgIpc) is 3.03. The number of aromatic nitrogens is 2. The molecule has 2 aromatic carbocycles. The number of amides is 2. The third-order valence-corrected chi connectivity index (χ3v) is 3.46. The first-order valence-electron chi connectivity index (χ1n) is 7.80. The number of rotatable bonds is 5. The Morgan fingerprint density at radius 1 is 1.04 bits per heavy atom.